The molecule has 0 spiro atoms. The first-order valence-corrected chi connectivity index (χ1v) is 9.78. The van der Waals surface area contributed by atoms with Gasteiger partial charge < -0.3 is 14.6 Å². The van der Waals surface area contributed by atoms with E-state index in [0.717, 1.165) is 32.4 Å². The number of nitrogens with one attached hydrogen (secondary N) is 1. The van der Waals surface area contributed by atoms with Gasteiger partial charge in [0.15, 0.2) is 0 Å². The molecule has 0 aromatic carbocycles. The number of likely N-dealkylation sites (tertiary alicyclic amines) is 1. The lowest BCUT2D eigenvalue weighted by Gasteiger charge is -2.47. The van der Waals surface area contributed by atoms with Gasteiger partial charge in [-0.05, 0) is 50.9 Å². The van der Waals surface area contributed by atoms with Crippen LogP contribution in [0.25, 0.3) is 0 Å². The van der Waals surface area contributed by atoms with Crippen LogP contribution < -0.4 is 5.32 Å². The minimum Gasteiger partial charge on any atom is -0.408 e. The average molecular weight is 365 g/mol. The highest BCUT2D eigenvalue weighted by Crippen LogP contribution is 2.46. The van der Waals surface area contributed by atoms with Gasteiger partial charge in [-0.15, -0.1) is 5.10 Å². The van der Waals surface area contributed by atoms with Crippen LogP contribution in [0.5, 0.6) is 0 Å². The van der Waals surface area contributed by atoms with Gasteiger partial charge in [0, 0.05) is 31.5 Å². The first kappa shape index (κ1) is 20.7. The first-order valence-electron chi connectivity index (χ1n) is 9.78. The van der Waals surface area contributed by atoms with Crippen LogP contribution in [0.3, 0.4) is 0 Å². The average Bonchev–Trinajstić information content (AvgIpc) is 2.92. The van der Waals surface area contributed by atoms with Crippen molar-refractivity contribution in [3.63, 3.8) is 0 Å². The second-order valence-corrected chi connectivity index (χ2v) is 9.92. The molecule has 2 heterocycles. The molecular weight excluding hydrogens is 328 g/mol. The summed E-state index contributed by atoms with van der Waals surface area (Å²) in [5.74, 6) is 0.831. The lowest BCUT2D eigenvalue weighted by molar-refractivity contribution is -0.134. The quantitative estimate of drug-likeness (QED) is 0.844. The Kier molecular flexibility index (Phi) is 6.03. The zero-order valence-corrected chi connectivity index (χ0v) is 17.6. The molecule has 0 unspecified atom stereocenters. The van der Waals surface area contributed by atoms with E-state index in [2.05, 4.69) is 43.2 Å². The maximum atomic E-state index is 12.5. The van der Waals surface area contributed by atoms with Crippen molar-refractivity contribution in [2.45, 2.75) is 86.1 Å². The molecule has 148 valence electrons. The summed E-state index contributed by atoms with van der Waals surface area (Å²) in [6.07, 6.45) is 4.07. The zero-order valence-electron chi connectivity index (χ0n) is 17.6. The van der Waals surface area contributed by atoms with Gasteiger partial charge in [-0.3, -0.25) is 4.79 Å². The number of aromatic nitrogens is 2. The van der Waals surface area contributed by atoms with E-state index < -0.39 is 0 Å². The monoisotopic (exact) mass is 364 g/mol. The van der Waals surface area contributed by atoms with Crippen LogP contribution in [0.4, 0.5) is 6.01 Å². The maximum Gasteiger partial charge on any atom is 0.315 e. The van der Waals surface area contributed by atoms with E-state index >= 15 is 0 Å². The maximum absolute atomic E-state index is 12.5. The fraction of sp³-hybridized carbons (Fsp3) is 0.850. The number of carbonyl (C=O) groups excluding carboxylic acids is 1. The van der Waals surface area contributed by atoms with E-state index in [9.17, 15) is 4.79 Å². The molecule has 0 bridgehead atoms. The van der Waals surface area contributed by atoms with Crippen molar-refractivity contribution in [3.8, 4) is 0 Å². The van der Waals surface area contributed by atoms with Crippen LogP contribution in [0.1, 0.15) is 80.0 Å². The third-order valence-corrected chi connectivity index (χ3v) is 5.76. The Hall–Kier alpha value is -1.59. The Balaban J connectivity index is 1.75. The molecule has 1 aromatic heterocycles. The van der Waals surface area contributed by atoms with Crippen molar-refractivity contribution < 1.29 is 9.21 Å². The number of amides is 1. The fourth-order valence-electron chi connectivity index (χ4n) is 3.27. The van der Waals surface area contributed by atoms with Crippen molar-refractivity contribution in [2.75, 3.05) is 18.4 Å². The van der Waals surface area contributed by atoms with E-state index in [4.69, 9.17) is 4.42 Å². The molecular formula is C20H36N4O2. The number of hydrogen-bond donors (Lipinski definition) is 1. The second kappa shape index (κ2) is 7.57. The molecule has 1 amide bonds. The third-order valence-electron chi connectivity index (χ3n) is 5.76. The summed E-state index contributed by atoms with van der Waals surface area (Å²) in [7, 11) is 0. The number of anilines is 1. The van der Waals surface area contributed by atoms with E-state index in [1.54, 1.807) is 0 Å². The number of carbonyl (C=O) groups is 1. The molecule has 1 aliphatic rings. The lowest BCUT2D eigenvalue weighted by Crippen LogP contribution is -2.46. The van der Waals surface area contributed by atoms with Crippen LogP contribution >= 0.6 is 0 Å². The van der Waals surface area contributed by atoms with Crippen molar-refractivity contribution >= 4 is 11.9 Å². The van der Waals surface area contributed by atoms with Gasteiger partial charge in [0.25, 0.3) is 0 Å². The van der Waals surface area contributed by atoms with Gasteiger partial charge in [-0.2, -0.15) is 0 Å². The molecule has 0 aliphatic carbocycles. The molecule has 1 N–H and O–H groups in total. The van der Waals surface area contributed by atoms with Crippen LogP contribution in [-0.2, 0) is 11.2 Å². The summed E-state index contributed by atoms with van der Waals surface area (Å²) in [6, 6.07) is 0.441. The van der Waals surface area contributed by atoms with E-state index in [-0.39, 0.29) is 16.9 Å². The minimum atomic E-state index is -0.115. The molecule has 0 radical (unpaired) electrons. The molecule has 26 heavy (non-hydrogen) atoms. The number of nitrogens with zero attached hydrogens (tertiary/aromatic N) is 3. The van der Waals surface area contributed by atoms with Crippen molar-refractivity contribution in [3.05, 3.63) is 5.89 Å². The van der Waals surface area contributed by atoms with Gasteiger partial charge >= 0.3 is 6.01 Å². The zero-order chi connectivity index (χ0) is 19.6. The fourth-order valence-corrected chi connectivity index (χ4v) is 3.27. The molecule has 6 nitrogen and oxygen atoms in total. The second-order valence-electron chi connectivity index (χ2n) is 9.92. The molecule has 1 aliphatic heterocycles. The Labute approximate surface area is 158 Å². The highest BCUT2D eigenvalue weighted by atomic mass is 16.4. The van der Waals surface area contributed by atoms with Crippen LogP contribution in [0, 0.1) is 10.8 Å². The molecule has 2 rings (SSSR count). The van der Waals surface area contributed by atoms with Gasteiger partial charge in [-0.1, -0.05) is 32.8 Å². The predicted molar refractivity (Wildman–Crippen MR) is 104 cm³/mol. The summed E-state index contributed by atoms with van der Waals surface area (Å²) in [6.45, 7) is 17.1. The molecule has 1 saturated heterocycles. The third kappa shape index (κ3) is 5.45. The highest BCUT2D eigenvalue weighted by Gasteiger charge is 2.40. The predicted octanol–water partition coefficient (Wildman–Crippen LogP) is 4.28. The van der Waals surface area contributed by atoms with E-state index in [0.29, 0.717) is 30.2 Å². The highest BCUT2D eigenvalue weighted by molar-refractivity contribution is 5.76. The summed E-state index contributed by atoms with van der Waals surface area (Å²) in [5, 5.41) is 11.2. The normalized spacial score (nSPS) is 18.0. The van der Waals surface area contributed by atoms with Gasteiger partial charge in [-0.25, -0.2) is 0 Å². The number of piperidine rings is 1. The number of hydrogen-bond acceptors (Lipinski definition) is 5. The van der Waals surface area contributed by atoms with E-state index in [1.165, 1.54) is 0 Å². The standard InChI is InChI=1S/C20H36N4O2/c1-18(2,3)20(7)11-13-24(14-12-20)16(25)10-8-9-15-22-23-17(26-15)21-19(4,5)6/h8-14H2,1-7H3,(H,21,23). The SMILES string of the molecule is CC(C)(C)Nc1nnc(CCCC(=O)N2CCC(C)(C(C)(C)C)CC2)o1. The van der Waals surface area contributed by atoms with Crippen LogP contribution in [-0.4, -0.2) is 39.6 Å². The van der Waals surface area contributed by atoms with Crippen LogP contribution in [0.15, 0.2) is 4.42 Å². The molecule has 6 heteroatoms. The summed E-state index contributed by atoms with van der Waals surface area (Å²) in [5.41, 5.74) is 0.471. The number of rotatable bonds is 5. The first-order chi connectivity index (χ1) is 11.9. The topological polar surface area (TPSA) is 71.3 Å². The molecule has 1 aromatic rings. The largest absolute Gasteiger partial charge is 0.408 e. The van der Waals surface area contributed by atoms with Gasteiger partial charge in [0.05, 0.1) is 0 Å². The Morgan fingerprint density at radius 3 is 2.31 bits per heavy atom. The Morgan fingerprint density at radius 1 is 1.15 bits per heavy atom. The summed E-state index contributed by atoms with van der Waals surface area (Å²) < 4.78 is 5.59. The van der Waals surface area contributed by atoms with Crippen molar-refractivity contribution in [2.24, 2.45) is 10.8 Å². The molecule has 0 atom stereocenters. The van der Waals surface area contributed by atoms with Crippen molar-refractivity contribution in [1.82, 2.24) is 15.1 Å². The van der Waals surface area contributed by atoms with E-state index in [1.807, 2.05) is 25.7 Å². The lowest BCUT2D eigenvalue weighted by atomic mass is 9.63. The van der Waals surface area contributed by atoms with Crippen molar-refractivity contribution in [1.29, 1.82) is 0 Å². The molecule has 1 fully saturated rings. The Bertz CT molecular complexity index is 602. The van der Waals surface area contributed by atoms with Crippen LogP contribution in [0.2, 0.25) is 0 Å². The Morgan fingerprint density at radius 2 is 1.77 bits per heavy atom. The summed E-state index contributed by atoms with van der Waals surface area (Å²) >= 11 is 0. The van der Waals surface area contributed by atoms with Gasteiger partial charge in [0.1, 0.15) is 0 Å². The minimum absolute atomic E-state index is 0.115. The number of aryl methyl sites for hydroxylation is 1. The summed E-state index contributed by atoms with van der Waals surface area (Å²) in [4.78, 5) is 14.5. The molecule has 0 saturated carbocycles. The van der Waals surface area contributed by atoms with Gasteiger partial charge in [0.2, 0.25) is 11.8 Å². The smallest absolute Gasteiger partial charge is 0.315 e.